The van der Waals surface area contributed by atoms with Gasteiger partial charge in [-0.25, -0.2) is 0 Å². The Morgan fingerprint density at radius 2 is 2.09 bits per heavy atom. The Hall–Kier alpha value is -1.77. The topological polar surface area (TPSA) is 74.5 Å². The van der Waals surface area contributed by atoms with Gasteiger partial charge in [-0.15, -0.1) is 10.2 Å². The molecule has 1 N–H and O–H groups in total. The van der Waals surface area contributed by atoms with Crippen LogP contribution in [0, 0.1) is 0 Å². The smallest absolute Gasteiger partial charge is 0.240 e. The van der Waals surface area contributed by atoms with Crippen LogP contribution in [0.15, 0.2) is 22.8 Å². The van der Waals surface area contributed by atoms with Crippen molar-refractivity contribution in [3.63, 3.8) is 0 Å². The van der Waals surface area contributed by atoms with Crippen LogP contribution in [-0.4, -0.2) is 58.6 Å². The van der Waals surface area contributed by atoms with E-state index in [1.54, 1.807) is 6.26 Å². The minimum absolute atomic E-state index is 0.0247. The maximum Gasteiger partial charge on any atom is 0.240 e. The third-order valence-electron chi connectivity index (χ3n) is 3.81. The third-order valence-corrected chi connectivity index (χ3v) is 4.79. The number of carbonyl (C=O) groups is 1. The monoisotopic (exact) mass is 335 g/mol. The molecule has 0 unspecified atom stereocenters. The lowest BCUT2D eigenvalue weighted by Gasteiger charge is -2.33. The van der Waals surface area contributed by atoms with Crippen LogP contribution in [0.2, 0.25) is 0 Å². The number of rotatable bonds is 6. The molecule has 0 bridgehead atoms. The summed E-state index contributed by atoms with van der Waals surface area (Å²) < 4.78 is 5.37. The molecule has 2 aromatic rings. The molecule has 1 aliphatic heterocycles. The molecular formula is C15H21N5O2S. The van der Waals surface area contributed by atoms with E-state index < -0.39 is 0 Å². The number of amides is 1. The molecule has 0 radical (unpaired) electrons. The van der Waals surface area contributed by atoms with Crippen LogP contribution in [0.4, 0.5) is 5.13 Å². The molecule has 7 nitrogen and oxygen atoms in total. The highest BCUT2D eigenvalue weighted by Gasteiger charge is 2.20. The fourth-order valence-electron chi connectivity index (χ4n) is 2.54. The summed E-state index contributed by atoms with van der Waals surface area (Å²) in [4.78, 5) is 16.6. The first-order valence-electron chi connectivity index (χ1n) is 7.82. The van der Waals surface area contributed by atoms with Gasteiger partial charge in [-0.2, -0.15) is 0 Å². The molecule has 3 rings (SSSR count). The van der Waals surface area contributed by atoms with Crippen molar-refractivity contribution >= 4 is 22.4 Å². The van der Waals surface area contributed by atoms with Gasteiger partial charge in [-0.05, 0) is 18.6 Å². The average molecular weight is 335 g/mol. The van der Waals surface area contributed by atoms with Crippen LogP contribution < -0.4 is 5.32 Å². The van der Waals surface area contributed by atoms with Crippen LogP contribution in [0.5, 0.6) is 0 Å². The standard InChI is InChI=1S/C15H21N5O2S/c1-2-14-17-18-15(23-14)16-13(21)11-20-7-5-19(6-8-20)10-12-4-3-9-22-12/h3-4,9H,2,5-8,10-11H2,1H3,(H,16,18,21). The molecule has 1 saturated heterocycles. The number of aryl methyl sites for hydroxylation is 1. The van der Waals surface area contributed by atoms with Crippen molar-refractivity contribution in [3.05, 3.63) is 29.2 Å². The second kappa shape index (κ2) is 7.67. The second-order valence-electron chi connectivity index (χ2n) is 5.53. The molecule has 0 spiro atoms. The Kier molecular flexibility index (Phi) is 5.37. The van der Waals surface area contributed by atoms with Gasteiger partial charge in [0.25, 0.3) is 0 Å². The molecule has 0 atom stereocenters. The lowest BCUT2D eigenvalue weighted by Crippen LogP contribution is -2.48. The van der Waals surface area contributed by atoms with E-state index in [1.165, 1.54) is 11.3 Å². The van der Waals surface area contributed by atoms with Crippen molar-refractivity contribution in [1.82, 2.24) is 20.0 Å². The number of nitrogens with one attached hydrogen (secondary N) is 1. The van der Waals surface area contributed by atoms with Crippen molar-refractivity contribution in [2.75, 3.05) is 38.0 Å². The van der Waals surface area contributed by atoms with Crippen LogP contribution in [0.1, 0.15) is 17.7 Å². The first-order chi connectivity index (χ1) is 11.2. The normalized spacial score (nSPS) is 16.6. The largest absolute Gasteiger partial charge is 0.468 e. The van der Waals surface area contributed by atoms with E-state index in [2.05, 4.69) is 25.3 Å². The van der Waals surface area contributed by atoms with Gasteiger partial charge in [-0.3, -0.25) is 19.9 Å². The van der Waals surface area contributed by atoms with Gasteiger partial charge in [0, 0.05) is 26.2 Å². The maximum absolute atomic E-state index is 12.1. The van der Waals surface area contributed by atoms with Crippen LogP contribution in [0.25, 0.3) is 0 Å². The Morgan fingerprint density at radius 1 is 1.30 bits per heavy atom. The van der Waals surface area contributed by atoms with Crippen molar-refractivity contribution in [1.29, 1.82) is 0 Å². The number of hydrogen-bond acceptors (Lipinski definition) is 7. The molecule has 23 heavy (non-hydrogen) atoms. The third kappa shape index (κ3) is 4.60. The predicted octanol–water partition coefficient (Wildman–Crippen LogP) is 1.45. The van der Waals surface area contributed by atoms with Crippen molar-refractivity contribution in [2.24, 2.45) is 0 Å². The van der Waals surface area contributed by atoms with Gasteiger partial charge >= 0.3 is 0 Å². The molecule has 2 aromatic heterocycles. The first-order valence-corrected chi connectivity index (χ1v) is 8.64. The summed E-state index contributed by atoms with van der Waals surface area (Å²) in [6.07, 6.45) is 2.54. The quantitative estimate of drug-likeness (QED) is 0.861. The van der Waals surface area contributed by atoms with Gasteiger partial charge in [-0.1, -0.05) is 18.3 Å². The number of aromatic nitrogens is 2. The fourth-order valence-corrected chi connectivity index (χ4v) is 3.23. The van der Waals surface area contributed by atoms with Crippen molar-refractivity contribution < 1.29 is 9.21 Å². The molecular weight excluding hydrogens is 314 g/mol. The zero-order valence-electron chi connectivity index (χ0n) is 13.2. The minimum atomic E-state index is -0.0247. The van der Waals surface area contributed by atoms with Gasteiger partial charge < -0.3 is 4.42 Å². The van der Waals surface area contributed by atoms with E-state index in [4.69, 9.17) is 4.42 Å². The highest BCUT2D eigenvalue weighted by Crippen LogP contribution is 2.15. The van der Waals surface area contributed by atoms with E-state index >= 15 is 0 Å². The minimum Gasteiger partial charge on any atom is -0.468 e. The number of furan rings is 1. The Labute approximate surface area is 139 Å². The van der Waals surface area contributed by atoms with Crippen LogP contribution in [0.3, 0.4) is 0 Å². The van der Waals surface area contributed by atoms with E-state index in [1.807, 2.05) is 19.1 Å². The molecule has 1 fully saturated rings. The molecule has 8 heteroatoms. The zero-order valence-corrected chi connectivity index (χ0v) is 14.0. The second-order valence-corrected chi connectivity index (χ2v) is 6.60. The summed E-state index contributed by atoms with van der Waals surface area (Å²) in [5.41, 5.74) is 0. The predicted molar refractivity (Wildman–Crippen MR) is 88.3 cm³/mol. The van der Waals surface area contributed by atoms with Crippen molar-refractivity contribution in [2.45, 2.75) is 19.9 Å². The van der Waals surface area contributed by atoms with E-state index in [-0.39, 0.29) is 5.91 Å². The van der Waals surface area contributed by atoms with Gasteiger partial charge in [0.05, 0.1) is 19.4 Å². The summed E-state index contributed by atoms with van der Waals surface area (Å²) in [5, 5.41) is 12.3. The highest BCUT2D eigenvalue weighted by atomic mass is 32.1. The van der Waals surface area contributed by atoms with Gasteiger partial charge in [0.1, 0.15) is 10.8 Å². The number of anilines is 1. The summed E-state index contributed by atoms with van der Waals surface area (Å²) in [7, 11) is 0. The number of piperazine rings is 1. The number of hydrogen-bond donors (Lipinski definition) is 1. The highest BCUT2D eigenvalue weighted by molar-refractivity contribution is 7.15. The summed E-state index contributed by atoms with van der Waals surface area (Å²) in [6, 6.07) is 3.90. The van der Waals surface area contributed by atoms with E-state index in [0.717, 1.165) is 49.9 Å². The SMILES string of the molecule is CCc1nnc(NC(=O)CN2CCN(Cc3ccco3)CC2)s1. The lowest BCUT2D eigenvalue weighted by atomic mass is 10.3. The average Bonchev–Trinajstić information content (AvgIpc) is 3.21. The zero-order chi connectivity index (χ0) is 16.1. The summed E-state index contributed by atoms with van der Waals surface area (Å²) in [6.45, 7) is 6.88. The Balaban J connectivity index is 1.40. The van der Waals surface area contributed by atoms with Crippen molar-refractivity contribution in [3.8, 4) is 0 Å². The molecule has 0 aromatic carbocycles. The Bertz CT molecular complexity index is 620. The van der Waals surface area contributed by atoms with E-state index in [9.17, 15) is 4.79 Å². The molecule has 1 aliphatic rings. The summed E-state index contributed by atoms with van der Waals surface area (Å²) >= 11 is 1.43. The van der Waals surface area contributed by atoms with E-state index in [0.29, 0.717) is 11.7 Å². The number of nitrogens with zero attached hydrogens (tertiary/aromatic N) is 4. The van der Waals surface area contributed by atoms with Gasteiger partial charge in [0.2, 0.25) is 11.0 Å². The molecule has 1 amide bonds. The maximum atomic E-state index is 12.1. The molecule has 3 heterocycles. The molecule has 124 valence electrons. The molecule has 0 saturated carbocycles. The number of carbonyl (C=O) groups excluding carboxylic acids is 1. The van der Waals surface area contributed by atoms with Gasteiger partial charge in [0.15, 0.2) is 0 Å². The van der Waals surface area contributed by atoms with Crippen LogP contribution >= 0.6 is 11.3 Å². The Morgan fingerprint density at radius 3 is 2.74 bits per heavy atom. The summed E-state index contributed by atoms with van der Waals surface area (Å²) in [5.74, 6) is 0.961. The first kappa shape index (κ1) is 16.1. The molecule has 0 aliphatic carbocycles. The fraction of sp³-hybridized carbons (Fsp3) is 0.533. The van der Waals surface area contributed by atoms with Crippen LogP contribution in [-0.2, 0) is 17.8 Å². The lowest BCUT2D eigenvalue weighted by molar-refractivity contribution is -0.117.